The first-order valence-corrected chi connectivity index (χ1v) is 13.6. The van der Waals surface area contributed by atoms with E-state index in [9.17, 15) is 19.5 Å². The van der Waals surface area contributed by atoms with Crippen LogP contribution in [0.5, 0.6) is 0 Å². The highest BCUT2D eigenvalue weighted by Crippen LogP contribution is 2.60. The Morgan fingerprint density at radius 2 is 1.86 bits per heavy atom. The van der Waals surface area contributed by atoms with E-state index in [-0.39, 0.29) is 42.8 Å². The Labute approximate surface area is 215 Å². The van der Waals surface area contributed by atoms with Gasteiger partial charge in [0.15, 0.2) is 0 Å². The van der Waals surface area contributed by atoms with E-state index in [2.05, 4.69) is 18.7 Å². The molecule has 0 saturated carbocycles. The third-order valence-electron chi connectivity index (χ3n) is 7.75. The number of hydrogen-bond acceptors (Lipinski definition) is 7. The monoisotopic (exact) mass is 511 g/mol. The molecule has 1 N–H and O–H groups in total. The summed E-state index contributed by atoms with van der Waals surface area (Å²) in [5.41, 5.74) is 1.84. The van der Waals surface area contributed by atoms with Crippen molar-refractivity contribution < 1.29 is 24.2 Å². The molecule has 36 heavy (non-hydrogen) atoms. The fourth-order valence-electron chi connectivity index (χ4n) is 6.12. The van der Waals surface area contributed by atoms with Gasteiger partial charge in [-0.15, -0.1) is 11.8 Å². The molecule has 0 aliphatic carbocycles. The van der Waals surface area contributed by atoms with Crippen molar-refractivity contribution in [1.82, 2.24) is 4.90 Å². The van der Waals surface area contributed by atoms with Gasteiger partial charge in [-0.25, -0.2) is 0 Å². The summed E-state index contributed by atoms with van der Waals surface area (Å²) in [4.78, 5) is 46.5. The maximum absolute atomic E-state index is 14.2. The second kappa shape index (κ2) is 9.94. The van der Waals surface area contributed by atoms with Crippen LogP contribution in [-0.2, 0) is 19.1 Å². The molecule has 1 spiro atoms. The van der Waals surface area contributed by atoms with E-state index < -0.39 is 22.6 Å². The topological polar surface area (TPSA) is 90.4 Å². The first kappa shape index (κ1) is 24.9. The number of esters is 1. The van der Waals surface area contributed by atoms with Gasteiger partial charge >= 0.3 is 5.97 Å². The average molecular weight is 512 g/mol. The molecule has 1 aromatic carbocycles. The molecule has 5 rings (SSSR count). The highest BCUT2D eigenvalue weighted by Gasteiger charge is 2.70. The molecule has 4 aliphatic heterocycles. The highest BCUT2D eigenvalue weighted by molar-refractivity contribution is 8.02. The summed E-state index contributed by atoms with van der Waals surface area (Å²) in [6.07, 6.45) is 8.53. The number of anilines is 2. The van der Waals surface area contributed by atoms with E-state index >= 15 is 0 Å². The van der Waals surface area contributed by atoms with Crippen molar-refractivity contribution in [1.29, 1.82) is 0 Å². The van der Waals surface area contributed by atoms with Gasteiger partial charge in [0.05, 0.1) is 29.8 Å². The van der Waals surface area contributed by atoms with E-state index in [0.29, 0.717) is 13.0 Å². The minimum absolute atomic E-state index is 0.0406. The molecule has 0 bridgehead atoms. The van der Waals surface area contributed by atoms with Crippen LogP contribution in [0.2, 0.25) is 0 Å². The minimum Gasteiger partial charge on any atom is -0.465 e. The summed E-state index contributed by atoms with van der Waals surface area (Å²) >= 11 is 1.51. The smallest absolute Gasteiger partial charge is 0.311 e. The predicted octanol–water partition coefficient (Wildman–Crippen LogP) is 2.23. The maximum atomic E-state index is 14.2. The molecule has 1 unspecified atom stereocenters. The predicted molar refractivity (Wildman–Crippen MR) is 140 cm³/mol. The number of aliphatic hydroxyl groups is 1. The number of ether oxygens (including phenoxy) is 1. The van der Waals surface area contributed by atoms with Crippen LogP contribution in [-0.4, -0.2) is 83.2 Å². The van der Waals surface area contributed by atoms with E-state index in [1.54, 1.807) is 4.90 Å². The number of aliphatic hydroxyl groups excluding tert-OH is 1. The number of rotatable bonds is 6. The Balaban J connectivity index is 1.54. The number of nitrogens with zero attached hydrogens (tertiary/aromatic N) is 3. The standard InChI is InChI=1S/C27H33N3O5S/c1-3-28(4-2)18-9-11-19(12-10-18)29-14-7-13-27-22(24(32)30(15-16-31)23(27)25(29)33)21-20(36-27)8-5-6-17-35-26(21)34/h5,7-13,20-23,31H,3-4,6,14-17H2,1-2H3/t20-,21+,22+,23?,27+/m1/s1. The normalized spacial score (nSPS) is 31.4. The molecule has 9 heteroatoms. The van der Waals surface area contributed by atoms with Gasteiger partial charge in [-0.3, -0.25) is 14.4 Å². The second-order valence-corrected chi connectivity index (χ2v) is 11.0. The minimum atomic E-state index is -0.901. The van der Waals surface area contributed by atoms with Crippen molar-refractivity contribution in [2.75, 3.05) is 49.2 Å². The van der Waals surface area contributed by atoms with E-state index in [1.807, 2.05) is 48.6 Å². The summed E-state index contributed by atoms with van der Waals surface area (Å²) < 4.78 is 4.57. The third-order valence-corrected chi connectivity index (χ3v) is 9.50. The van der Waals surface area contributed by atoms with Gasteiger partial charge in [-0.1, -0.05) is 24.3 Å². The fraction of sp³-hybridized carbons (Fsp3) is 0.519. The van der Waals surface area contributed by atoms with E-state index in [0.717, 1.165) is 24.5 Å². The molecule has 2 fully saturated rings. The molecule has 4 aliphatic rings. The van der Waals surface area contributed by atoms with Gasteiger partial charge in [-0.2, -0.15) is 0 Å². The van der Waals surface area contributed by atoms with E-state index in [4.69, 9.17) is 4.74 Å². The van der Waals surface area contributed by atoms with Gasteiger partial charge in [0.1, 0.15) is 6.04 Å². The number of amides is 2. The average Bonchev–Trinajstić information content (AvgIpc) is 3.24. The number of fused-ring (bicyclic) bond motifs is 2. The van der Waals surface area contributed by atoms with Crippen LogP contribution in [0.25, 0.3) is 0 Å². The van der Waals surface area contributed by atoms with Crippen LogP contribution >= 0.6 is 11.8 Å². The number of benzene rings is 1. The fourth-order valence-corrected chi connectivity index (χ4v) is 8.12. The van der Waals surface area contributed by atoms with Crippen LogP contribution in [0.3, 0.4) is 0 Å². The SMILES string of the molecule is CCN(CC)c1ccc(N2CC=C[C@]34S[C@@H]5C=CCCOC(=O)[C@@H]5[C@H]3C(=O)N(CCO)C4C2=O)cc1. The number of β-amino-alcohol motifs (C(OH)–C–C–N with tert-alkyl or cyclic N) is 1. The first-order valence-electron chi connectivity index (χ1n) is 12.7. The molecule has 192 valence electrons. The van der Waals surface area contributed by atoms with Gasteiger partial charge in [0, 0.05) is 42.8 Å². The zero-order chi connectivity index (χ0) is 25.4. The quantitative estimate of drug-likeness (QED) is 0.463. The number of thioether (sulfide) groups is 1. The number of likely N-dealkylation sites (tertiary alicyclic amines) is 1. The lowest BCUT2D eigenvalue weighted by atomic mass is 9.78. The van der Waals surface area contributed by atoms with Crippen molar-refractivity contribution in [3.8, 4) is 0 Å². The number of hydrogen-bond donors (Lipinski definition) is 1. The molecule has 0 radical (unpaired) electrons. The summed E-state index contributed by atoms with van der Waals surface area (Å²) in [5, 5.41) is 9.53. The molecule has 2 saturated heterocycles. The Morgan fingerprint density at radius 3 is 2.56 bits per heavy atom. The second-order valence-electron chi connectivity index (χ2n) is 9.52. The Morgan fingerprint density at radius 1 is 1.11 bits per heavy atom. The Hall–Kier alpha value is -2.78. The Bertz CT molecular complexity index is 1090. The van der Waals surface area contributed by atoms with Crippen LogP contribution in [0, 0.1) is 11.8 Å². The summed E-state index contributed by atoms with van der Waals surface area (Å²) in [6, 6.07) is 7.10. The van der Waals surface area contributed by atoms with Gasteiger partial charge in [0.25, 0.3) is 5.91 Å². The van der Waals surface area contributed by atoms with Crippen molar-refractivity contribution in [3.05, 3.63) is 48.6 Å². The Kier molecular flexibility index (Phi) is 6.87. The molecular weight excluding hydrogens is 478 g/mol. The zero-order valence-electron chi connectivity index (χ0n) is 20.7. The molecule has 4 heterocycles. The van der Waals surface area contributed by atoms with Crippen LogP contribution in [0.15, 0.2) is 48.6 Å². The molecular formula is C27H33N3O5S. The van der Waals surface area contributed by atoms with Gasteiger partial charge in [-0.05, 0) is 44.5 Å². The lowest BCUT2D eigenvalue weighted by molar-refractivity contribution is -0.153. The summed E-state index contributed by atoms with van der Waals surface area (Å²) in [6.45, 7) is 6.43. The van der Waals surface area contributed by atoms with Crippen LogP contribution < -0.4 is 9.80 Å². The van der Waals surface area contributed by atoms with Crippen molar-refractivity contribution >= 4 is 40.9 Å². The van der Waals surface area contributed by atoms with E-state index in [1.165, 1.54) is 16.7 Å². The lowest BCUT2D eigenvalue weighted by Crippen LogP contribution is -2.53. The molecule has 2 amide bonds. The summed E-state index contributed by atoms with van der Waals surface area (Å²) in [7, 11) is 0. The highest BCUT2D eigenvalue weighted by atomic mass is 32.2. The van der Waals surface area contributed by atoms with Gasteiger partial charge in [0.2, 0.25) is 5.91 Å². The summed E-state index contributed by atoms with van der Waals surface area (Å²) in [5.74, 6) is -2.23. The largest absolute Gasteiger partial charge is 0.465 e. The van der Waals surface area contributed by atoms with Gasteiger partial charge < -0.3 is 24.5 Å². The molecule has 5 atom stereocenters. The number of carbonyl (C=O) groups excluding carboxylic acids is 3. The number of cyclic esters (lactones) is 1. The molecule has 8 nitrogen and oxygen atoms in total. The maximum Gasteiger partial charge on any atom is 0.311 e. The van der Waals surface area contributed by atoms with Crippen molar-refractivity contribution in [2.24, 2.45) is 11.8 Å². The van der Waals surface area contributed by atoms with Crippen LogP contribution in [0.1, 0.15) is 20.3 Å². The lowest BCUT2D eigenvalue weighted by Gasteiger charge is -2.35. The molecule has 1 aromatic rings. The van der Waals surface area contributed by atoms with Crippen molar-refractivity contribution in [3.63, 3.8) is 0 Å². The van der Waals surface area contributed by atoms with Crippen molar-refractivity contribution in [2.45, 2.75) is 36.3 Å². The van der Waals surface area contributed by atoms with Crippen LogP contribution in [0.4, 0.5) is 11.4 Å². The first-order chi connectivity index (χ1) is 17.5. The molecule has 0 aromatic heterocycles. The number of carbonyl (C=O) groups is 3. The third kappa shape index (κ3) is 3.84. The zero-order valence-corrected chi connectivity index (χ0v) is 21.5.